The number of esters is 1. The smallest absolute Gasteiger partial charge is 0.338 e. The lowest BCUT2D eigenvalue weighted by molar-refractivity contribution is -0.384. The predicted molar refractivity (Wildman–Crippen MR) is 76.4 cm³/mol. The summed E-state index contributed by atoms with van der Waals surface area (Å²) >= 11 is 0. The van der Waals surface area contributed by atoms with E-state index >= 15 is 0 Å². The number of rotatable bonds is 4. The van der Waals surface area contributed by atoms with Gasteiger partial charge < -0.3 is 9.47 Å². The highest BCUT2D eigenvalue weighted by Gasteiger charge is 2.20. The van der Waals surface area contributed by atoms with E-state index in [1.54, 1.807) is 0 Å². The first-order valence-corrected chi connectivity index (χ1v) is 6.18. The van der Waals surface area contributed by atoms with Crippen LogP contribution in [0, 0.1) is 15.9 Å². The number of nitrogens with zero attached hydrogens (tertiary/aromatic N) is 1. The molecule has 0 aliphatic rings. The molecule has 2 rings (SSSR count). The summed E-state index contributed by atoms with van der Waals surface area (Å²) in [7, 11) is 2.54. The summed E-state index contributed by atoms with van der Waals surface area (Å²) in [5.74, 6) is -1.02. The van der Waals surface area contributed by atoms with Crippen LogP contribution in [0.5, 0.6) is 5.75 Å². The summed E-state index contributed by atoms with van der Waals surface area (Å²) in [5.41, 5.74) is 0.542. The van der Waals surface area contributed by atoms with Crippen molar-refractivity contribution in [2.75, 3.05) is 14.2 Å². The topological polar surface area (TPSA) is 78.7 Å². The van der Waals surface area contributed by atoms with E-state index in [0.717, 1.165) is 12.1 Å². The predicted octanol–water partition coefficient (Wildman–Crippen LogP) is 3.20. The number of halogens is 1. The molecule has 0 spiro atoms. The fourth-order valence-corrected chi connectivity index (χ4v) is 2.05. The van der Waals surface area contributed by atoms with Gasteiger partial charge in [0.15, 0.2) is 0 Å². The van der Waals surface area contributed by atoms with Gasteiger partial charge >= 0.3 is 5.97 Å². The monoisotopic (exact) mass is 305 g/mol. The molecule has 114 valence electrons. The molecule has 6 nitrogen and oxygen atoms in total. The van der Waals surface area contributed by atoms with E-state index in [1.165, 1.54) is 38.5 Å². The summed E-state index contributed by atoms with van der Waals surface area (Å²) in [6.45, 7) is 0. The SMILES string of the molecule is COC(=O)c1cc([N+](=O)[O-])ccc1-c1ccc(F)cc1OC. The molecule has 0 heterocycles. The number of benzene rings is 2. The molecule has 0 saturated carbocycles. The van der Waals surface area contributed by atoms with Gasteiger partial charge in [0.1, 0.15) is 11.6 Å². The Hall–Kier alpha value is -2.96. The zero-order chi connectivity index (χ0) is 16.3. The van der Waals surface area contributed by atoms with Crippen molar-refractivity contribution in [1.29, 1.82) is 0 Å². The highest BCUT2D eigenvalue weighted by molar-refractivity contribution is 5.98. The normalized spacial score (nSPS) is 10.1. The molecule has 0 saturated heterocycles. The average Bonchev–Trinajstić information content (AvgIpc) is 2.53. The highest BCUT2D eigenvalue weighted by Crippen LogP contribution is 2.34. The van der Waals surface area contributed by atoms with Crippen LogP contribution in [0.1, 0.15) is 10.4 Å². The second kappa shape index (κ2) is 6.21. The number of nitro benzene ring substituents is 1. The zero-order valence-electron chi connectivity index (χ0n) is 11.8. The lowest BCUT2D eigenvalue weighted by Crippen LogP contribution is -2.05. The molecule has 0 fully saturated rings. The van der Waals surface area contributed by atoms with E-state index in [1.807, 2.05) is 0 Å². The molecule has 0 N–H and O–H groups in total. The van der Waals surface area contributed by atoms with Crippen molar-refractivity contribution < 1.29 is 23.6 Å². The van der Waals surface area contributed by atoms with Crippen molar-refractivity contribution in [3.05, 3.63) is 57.9 Å². The van der Waals surface area contributed by atoms with Crippen molar-refractivity contribution in [3.8, 4) is 16.9 Å². The maximum Gasteiger partial charge on any atom is 0.338 e. The number of ether oxygens (including phenoxy) is 2. The molecule has 0 aromatic heterocycles. The molecule has 7 heteroatoms. The third-order valence-electron chi connectivity index (χ3n) is 3.07. The number of hydrogen-bond acceptors (Lipinski definition) is 5. The highest BCUT2D eigenvalue weighted by atomic mass is 19.1. The van der Waals surface area contributed by atoms with Gasteiger partial charge in [0.05, 0.1) is 24.7 Å². The van der Waals surface area contributed by atoms with Crippen molar-refractivity contribution >= 4 is 11.7 Å². The van der Waals surface area contributed by atoms with Crippen LogP contribution >= 0.6 is 0 Å². The van der Waals surface area contributed by atoms with Gasteiger partial charge in [0.2, 0.25) is 0 Å². The molecule has 0 radical (unpaired) electrons. The van der Waals surface area contributed by atoms with Crippen LogP contribution in [0.15, 0.2) is 36.4 Å². The fourth-order valence-electron chi connectivity index (χ4n) is 2.05. The first-order chi connectivity index (χ1) is 10.5. The number of carbonyl (C=O) groups excluding carboxylic acids is 1. The lowest BCUT2D eigenvalue weighted by atomic mass is 9.98. The van der Waals surface area contributed by atoms with Crippen molar-refractivity contribution in [3.63, 3.8) is 0 Å². The van der Waals surface area contributed by atoms with Crippen LogP contribution in [-0.2, 0) is 4.74 Å². The van der Waals surface area contributed by atoms with Gasteiger partial charge in [-0.05, 0) is 18.2 Å². The first kappa shape index (κ1) is 15.4. The third-order valence-corrected chi connectivity index (χ3v) is 3.07. The Labute approximate surface area is 125 Å². The second-order valence-electron chi connectivity index (χ2n) is 4.32. The average molecular weight is 305 g/mol. The van der Waals surface area contributed by atoms with E-state index in [2.05, 4.69) is 4.74 Å². The van der Waals surface area contributed by atoms with E-state index < -0.39 is 16.7 Å². The minimum absolute atomic E-state index is 0.00149. The summed E-state index contributed by atoms with van der Waals surface area (Å²) in [6.07, 6.45) is 0. The molecule has 0 atom stereocenters. The Morgan fingerprint density at radius 2 is 1.82 bits per heavy atom. The van der Waals surface area contributed by atoms with Gasteiger partial charge in [-0.1, -0.05) is 0 Å². The number of hydrogen-bond donors (Lipinski definition) is 0. The van der Waals surface area contributed by atoms with Gasteiger partial charge in [-0.25, -0.2) is 9.18 Å². The van der Waals surface area contributed by atoms with Crippen LogP contribution in [0.2, 0.25) is 0 Å². The largest absolute Gasteiger partial charge is 0.496 e. The standard InChI is InChI=1S/C15H12FNO5/c1-21-14-7-9(16)3-5-12(14)11-6-4-10(17(19)20)8-13(11)15(18)22-2/h3-8H,1-2H3. The van der Waals surface area contributed by atoms with Crippen molar-refractivity contribution in [1.82, 2.24) is 0 Å². The number of nitro groups is 1. The van der Waals surface area contributed by atoms with Gasteiger partial charge in [-0.3, -0.25) is 10.1 Å². The molecule has 0 unspecified atom stereocenters. The zero-order valence-corrected chi connectivity index (χ0v) is 11.8. The van der Waals surface area contributed by atoms with Crippen LogP contribution in [0.4, 0.5) is 10.1 Å². The maximum absolute atomic E-state index is 13.3. The second-order valence-corrected chi connectivity index (χ2v) is 4.32. The Balaban J connectivity index is 2.69. The summed E-state index contributed by atoms with van der Waals surface area (Å²) in [6, 6.07) is 7.58. The van der Waals surface area contributed by atoms with Crippen molar-refractivity contribution in [2.24, 2.45) is 0 Å². The van der Waals surface area contributed by atoms with Gasteiger partial charge in [-0.15, -0.1) is 0 Å². The molecule has 22 heavy (non-hydrogen) atoms. The lowest BCUT2D eigenvalue weighted by Gasteiger charge is -2.12. The number of methoxy groups -OCH3 is 2. The van der Waals surface area contributed by atoms with Gasteiger partial charge in [0, 0.05) is 29.3 Å². The van der Waals surface area contributed by atoms with Gasteiger partial charge in [0.25, 0.3) is 5.69 Å². The van der Waals surface area contributed by atoms with Crippen LogP contribution in [-0.4, -0.2) is 25.1 Å². The Morgan fingerprint density at radius 1 is 1.14 bits per heavy atom. The number of carbonyl (C=O) groups is 1. The third kappa shape index (κ3) is 2.88. The van der Waals surface area contributed by atoms with Crippen LogP contribution < -0.4 is 4.74 Å². The Bertz CT molecular complexity index is 745. The molecule has 0 aliphatic carbocycles. The van der Waals surface area contributed by atoms with Crippen LogP contribution in [0.3, 0.4) is 0 Å². The molecule has 0 amide bonds. The first-order valence-electron chi connectivity index (χ1n) is 6.18. The summed E-state index contributed by atoms with van der Waals surface area (Å²) < 4.78 is 23.0. The Kier molecular flexibility index (Phi) is 4.36. The molecular formula is C15H12FNO5. The van der Waals surface area contributed by atoms with E-state index in [-0.39, 0.29) is 17.0 Å². The quantitative estimate of drug-likeness (QED) is 0.492. The minimum Gasteiger partial charge on any atom is -0.496 e. The molecule has 2 aromatic rings. The van der Waals surface area contributed by atoms with E-state index in [4.69, 9.17) is 4.74 Å². The van der Waals surface area contributed by atoms with Crippen LogP contribution in [0.25, 0.3) is 11.1 Å². The Morgan fingerprint density at radius 3 is 2.41 bits per heavy atom. The minimum atomic E-state index is -0.731. The maximum atomic E-state index is 13.3. The fraction of sp³-hybridized carbons (Fsp3) is 0.133. The summed E-state index contributed by atoms with van der Waals surface area (Å²) in [5, 5.41) is 10.9. The van der Waals surface area contributed by atoms with Crippen molar-refractivity contribution in [2.45, 2.75) is 0 Å². The number of non-ortho nitro benzene ring substituents is 1. The molecular weight excluding hydrogens is 293 g/mol. The van der Waals surface area contributed by atoms with E-state index in [0.29, 0.717) is 11.1 Å². The molecule has 0 bridgehead atoms. The van der Waals surface area contributed by atoms with Gasteiger partial charge in [-0.2, -0.15) is 0 Å². The molecule has 2 aromatic carbocycles. The van der Waals surface area contributed by atoms with E-state index in [9.17, 15) is 19.3 Å². The molecule has 0 aliphatic heterocycles. The summed E-state index contributed by atoms with van der Waals surface area (Å²) in [4.78, 5) is 22.1.